The van der Waals surface area contributed by atoms with Crippen LogP contribution in [0, 0.1) is 0 Å². The molecule has 0 radical (unpaired) electrons. The minimum absolute atomic E-state index is 0. The fourth-order valence-corrected chi connectivity index (χ4v) is 2.70. The molecule has 1 atom stereocenters. The Balaban J connectivity index is 0.00000441. The predicted octanol–water partition coefficient (Wildman–Crippen LogP) is -3.00. The Morgan fingerprint density at radius 1 is 1.27 bits per heavy atom. The minimum Gasteiger partial charge on any atom is -0.747 e. The summed E-state index contributed by atoms with van der Waals surface area (Å²) in [6, 6.07) is 0. The minimum atomic E-state index is -4.94. The molecule has 2 amide bonds. The number of hydroxylamine groups is 2. The molecule has 0 saturated carbocycles. The molecule has 1 aliphatic heterocycles. The van der Waals surface area contributed by atoms with E-state index in [1.54, 1.807) is 0 Å². The van der Waals surface area contributed by atoms with E-state index < -0.39 is 39.6 Å². The van der Waals surface area contributed by atoms with Crippen LogP contribution in [0.3, 0.4) is 0 Å². The van der Waals surface area contributed by atoms with Gasteiger partial charge in [0, 0.05) is 6.42 Å². The number of imide groups is 1. The maximum Gasteiger partial charge on any atom is 1.00 e. The Morgan fingerprint density at radius 3 is 2.36 bits per heavy atom. The van der Waals surface area contributed by atoms with Gasteiger partial charge in [-0.3, -0.25) is 9.59 Å². The number of rotatable bonds is 8. The van der Waals surface area contributed by atoms with Crippen LogP contribution >= 0.6 is 12.6 Å². The van der Waals surface area contributed by atoms with Crippen LogP contribution < -0.4 is 29.6 Å². The van der Waals surface area contributed by atoms with Gasteiger partial charge in [0.1, 0.15) is 15.4 Å². The Bertz CT molecular complexity index is 523. The van der Waals surface area contributed by atoms with Crippen molar-refractivity contribution in [2.75, 3.05) is 5.75 Å². The predicted molar refractivity (Wildman–Crippen MR) is 73.0 cm³/mol. The third-order valence-electron chi connectivity index (χ3n) is 2.89. The monoisotopic (exact) mass is 361 g/mol. The molecule has 0 spiro atoms. The van der Waals surface area contributed by atoms with Crippen molar-refractivity contribution in [3.05, 3.63) is 0 Å². The van der Waals surface area contributed by atoms with Gasteiger partial charge in [-0.15, -0.1) is 5.06 Å². The molecule has 1 rings (SSSR count). The van der Waals surface area contributed by atoms with Crippen molar-refractivity contribution in [1.82, 2.24) is 5.06 Å². The summed E-state index contributed by atoms with van der Waals surface area (Å²) in [6.07, 6.45) is 2.32. The van der Waals surface area contributed by atoms with E-state index in [1.165, 1.54) is 0 Å². The van der Waals surface area contributed by atoms with Crippen LogP contribution in [0.25, 0.3) is 0 Å². The van der Waals surface area contributed by atoms with Crippen LogP contribution in [0.15, 0.2) is 0 Å². The van der Waals surface area contributed by atoms with Crippen molar-refractivity contribution in [3.63, 3.8) is 0 Å². The fourth-order valence-electron chi connectivity index (χ4n) is 1.79. The number of hydrogen-bond acceptors (Lipinski definition) is 8. The Labute approximate surface area is 156 Å². The van der Waals surface area contributed by atoms with Crippen LogP contribution in [0.5, 0.6) is 0 Å². The second kappa shape index (κ2) is 9.89. The zero-order valence-corrected chi connectivity index (χ0v) is 15.9. The molecule has 0 aliphatic carbocycles. The Morgan fingerprint density at radius 2 is 1.86 bits per heavy atom. The standard InChI is InChI=1S/C11H17NO7S2.Na/c13-9-7-8(21(16,17)18)11(15)12(9)19-10(14)5-3-1-2-4-6-20;/h8,20H,1-7H2,(H,16,17,18);/q;+1/p-1. The zero-order chi connectivity index (χ0) is 16.0. The first-order valence-corrected chi connectivity index (χ1v) is 8.51. The van der Waals surface area contributed by atoms with E-state index in [0.717, 1.165) is 25.0 Å². The van der Waals surface area contributed by atoms with Gasteiger partial charge >= 0.3 is 35.5 Å². The average Bonchev–Trinajstić information content (AvgIpc) is 2.66. The van der Waals surface area contributed by atoms with E-state index in [4.69, 9.17) is 0 Å². The largest absolute Gasteiger partial charge is 1.00 e. The maximum atomic E-state index is 11.6. The smallest absolute Gasteiger partial charge is 0.747 e. The van der Waals surface area contributed by atoms with E-state index in [9.17, 15) is 27.4 Å². The van der Waals surface area contributed by atoms with Crippen LogP contribution in [-0.4, -0.2) is 46.8 Å². The molecular formula is C11H16NNaO7S2. The van der Waals surface area contributed by atoms with Gasteiger partial charge in [-0.05, 0) is 18.6 Å². The molecule has 1 fully saturated rings. The number of carbonyl (C=O) groups is 3. The van der Waals surface area contributed by atoms with Gasteiger partial charge in [0.05, 0.1) is 6.42 Å². The first-order valence-electron chi connectivity index (χ1n) is 6.40. The van der Waals surface area contributed by atoms with Crippen molar-refractivity contribution >= 4 is 40.5 Å². The summed E-state index contributed by atoms with van der Waals surface area (Å²) < 4.78 is 32.4. The normalized spacial score (nSPS) is 18.3. The van der Waals surface area contributed by atoms with Crippen LogP contribution in [0.4, 0.5) is 0 Å². The number of carbonyl (C=O) groups excluding carboxylic acids is 3. The van der Waals surface area contributed by atoms with Gasteiger partial charge in [0.15, 0.2) is 0 Å². The van der Waals surface area contributed by atoms with Crippen LogP contribution in [0.1, 0.15) is 38.5 Å². The second-order valence-electron chi connectivity index (χ2n) is 4.56. The molecule has 0 aromatic carbocycles. The fraction of sp³-hybridized carbons (Fsp3) is 0.727. The van der Waals surface area contributed by atoms with Crippen molar-refractivity contribution in [2.24, 2.45) is 0 Å². The zero-order valence-electron chi connectivity index (χ0n) is 12.2. The van der Waals surface area contributed by atoms with Crippen molar-refractivity contribution in [2.45, 2.75) is 43.8 Å². The van der Waals surface area contributed by atoms with E-state index in [0.29, 0.717) is 6.42 Å². The summed E-state index contributed by atoms with van der Waals surface area (Å²) in [4.78, 5) is 39.0. The third-order valence-corrected chi connectivity index (χ3v) is 4.27. The number of hydrogen-bond donors (Lipinski definition) is 1. The summed E-state index contributed by atoms with van der Waals surface area (Å²) in [5, 5.41) is -1.93. The van der Waals surface area contributed by atoms with Gasteiger partial charge in [-0.2, -0.15) is 12.6 Å². The first kappa shape index (κ1) is 21.9. The van der Waals surface area contributed by atoms with Crippen LogP contribution in [-0.2, 0) is 29.3 Å². The third kappa shape index (κ3) is 6.55. The van der Waals surface area contributed by atoms with Gasteiger partial charge < -0.3 is 9.39 Å². The number of thiol groups is 1. The molecule has 8 nitrogen and oxygen atoms in total. The van der Waals surface area contributed by atoms with Crippen LogP contribution in [0.2, 0.25) is 0 Å². The summed E-state index contributed by atoms with van der Waals surface area (Å²) >= 11 is 4.04. The molecule has 1 heterocycles. The summed E-state index contributed by atoms with van der Waals surface area (Å²) in [7, 11) is -4.94. The molecule has 0 N–H and O–H groups in total. The van der Waals surface area contributed by atoms with E-state index in [1.807, 2.05) is 0 Å². The molecule has 22 heavy (non-hydrogen) atoms. The topological polar surface area (TPSA) is 121 Å². The quantitative estimate of drug-likeness (QED) is 0.161. The average molecular weight is 361 g/mol. The molecule has 0 aromatic rings. The SMILES string of the molecule is O=C(CCCCCCS)ON1C(=O)CC(S(=O)(=O)[O-])C1=O.[Na+]. The van der Waals surface area contributed by atoms with E-state index in [2.05, 4.69) is 17.5 Å². The molecule has 1 unspecified atom stereocenters. The summed E-state index contributed by atoms with van der Waals surface area (Å²) in [5.41, 5.74) is 0. The first-order chi connectivity index (χ1) is 9.77. The van der Waals surface area contributed by atoms with E-state index in [-0.39, 0.29) is 41.0 Å². The Hall–Kier alpha value is -0.130. The van der Waals surface area contributed by atoms with Gasteiger partial charge in [-0.1, -0.05) is 12.8 Å². The van der Waals surface area contributed by atoms with Crippen molar-refractivity contribution in [1.29, 1.82) is 0 Å². The molecule has 1 aliphatic rings. The number of amides is 2. The van der Waals surface area contributed by atoms with Crippen molar-refractivity contribution in [3.8, 4) is 0 Å². The second-order valence-corrected chi connectivity index (χ2v) is 6.56. The number of unbranched alkanes of at least 4 members (excludes halogenated alkanes) is 3. The number of nitrogens with zero attached hydrogens (tertiary/aromatic N) is 1. The van der Waals surface area contributed by atoms with Gasteiger partial charge in [-0.25, -0.2) is 13.2 Å². The molecular weight excluding hydrogens is 345 g/mol. The molecule has 0 aromatic heterocycles. The van der Waals surface area contributed by atoms with E-state index >= 15 is 0 Å². The molecule has 1 saturated heterocycles. The summed E-state index contributed by atoms with van der Waals surface area (Å²) in [6.45, 7) is 0. The van der Waals surface area contributed by atoms with Gasteiger partial charge in [0.2, 0.25) is 0 Å². The van der Waals surface area contributed by atoms with Gasteiger partial charge in [0.25, 0.3) is 11.8 Å². The summed E-state index contributed by atoms with van der Waals surface area (Å²) in [5.74, 6) is -2.37. The van der Waals surface area contributed by atoms with Crippen molar-refractivity contribution < 1.29 is 61.7 Å². The molecule has 11 heteroatoms. The maximum absolute atomic E-state index is 11.6. The molecule has 0 bridgehead atoms. The Kier molecular flexibility index (Phi) is 9.83. The molecule has 120 valence electrons.